The Kier molecular flexibility index (Phi) is 7.83. The van der Waals surface area contributed by atoms with E-state index in [-0.39, 0.29) is 0 Å². The molecule has 0 aromatic carbocycles. The topological polar surface area (TPSA) is 39.7 Å². The first kappa shape index (κ1) is 12.9. The Morgan fingerprint density at radius 2 is 1.93 bits per heavy atom. The molecule has 0 saturated heterocycles. The minimum atomic E-state index is 0.444. The molecule has 0 amide bonds. The van der Waals surface area contributed by atoms with Crippen LogP contribution in [0.4, 0.5) is 0 Å². The lowest BCUT2D eigenvalue weighted by Crippen LogP contribution is -2.23. The first-order valence-corrected chi connectivity index (χ1v) is 5.88. The molecule has 0 spiro atoms. The van der Waals surface area contributed by atoms with Crippen molar-refractivity contribution in [1.29, 1.82) is 0 Å². The number of methoxy groups -OCH3 is 1. The highest BCUT2D eigenvalue weighted by atomic mass is 16.7. The van der Waals surface area contributed by atoms with Crippen LogP contribution in [0.25, 0.3) is 0 Å². The van der Waals surface area contributed by atoms with E-state index in [1.807, 2.05) is 0 Å². The van der Waals surface area contributed by atoms with Crippen molar-refractivity contribution in [1.82, 2.24) is 5.48 Å². The zero-order valence-corrected chi connectivity index (χ0v) is 9.67. The van der Waals surface area contributed by atoms with Crippen LogP contribution in [-0.2, 0) is 14.3 Å². The van der Waals surface area contributed by atoms with Crippen molar-refractivity contribution in [3.63, 3.8) is 0 Å². The molecule has 0 bridgehead atoms. The zero-order chi connectivity index (χ0) is 10.8. The number of rotatable bonds is 9. The third-order valence-corrected chi connectivity index (χ3v) is 2.55. The van der Waals surface area contributed by atoms with E-state index in [0.29, 0.717) is 19.3 Å². The van der Waals surface area contributed by atoms with Crippen molar-refractivity contribution >= 4 is 0 Å². The molecular formula is C11H23NO3. The lowest BCUT2D eigenvalue weighted by atomic mass is 10.3. The van der Waals surface area contributed by atoms with Crippen LogP contribution in [0, 0.1) is 0 Å². The van der Waals surface area contributed by atoms with Gasteiger partial charge in [-0.15, -0.1) is 0 Å². The summed E-state index contributed by atoms with van der Waals surface area (Å²) in [5.74, 6) is 0. The maximum atomic E-state index is 5.50. The van der Waals surface area contributed by atoms with Crippen molar-refractivity contribution in [2.75, 3.05) is 33.5 Å². The normalized spacial score (nSPS) is 17.4. The summed E-state index contributed by atoms with van der Waals surface area (Å²) in [6.45, 7) is 2.99. The van der Waals surface area contributed by atoms with Crippen LogP contribution >= 0.6 is 0 Å². The summed E-state index contributed by atoms with van der Waals surface area (Å²) in [4.78, 5) is 5.50. The molecular weight excluding hydrogens is 194 g/mol. The van der Waals surface area contributed by atoms with Gasteiger partial charge in [0.1, 0.15) is 0 Å². The van der Waals surface area contributed by atoms with Crippen molar-refractivity contribution in [2.24, 2.45) is 0 Å². The standard InChI is InChI=1S/C11H23NO3/c1-13-9-10-14-8-4-7-12-15-11-5-2-3-6-11/h11-12H,2-10H2,1H3. The van der Waals surface area contributed by atoms with E-state index in [1.54, 1.807) is 7.11 Å². The molecule has 4 heteroatoms. The maximum Gasteiger partial charge on any atom is 0.0790 e. The second-order valence-electron chi connectivity index (χ2n) is 3.88. The Bertz CT molecular complexity index is 138. The quantitative estimate of drug-likeness (QED) is 0.469. The average Bonchev–Trinajstić information content (AvgIpc) is 2.75. The van der Waals surface area contributed by atoms with E-state index in [0.717, 1.165) is 19.6 Å². The molecule has 0 radical (unpaired) electrons. The van der Waals surface area contributed by atoms with Gasteiger partial charge in [-0.25, -0.2) is 5.48 Å². The van der Waals surface area contributed by atoms with Crippen LogP contribution < -0.4 is 5.48 Å². The van der Waals surface area contributed by atoms with Crippen LogP contribution in [0.15, 0.2) is 0 Å². The Morgan fingerprint density at radius 3 is 2.67 bits per heavy atom. The summed E-state index contributed by atoms with van der Waals surface area (Å²) >= 11 is 0. The van der Waals surface area contributed by atoms with Gasteiger partial charge in [0.25, 0.3) is 0 Å². The SMILES string of the molecule is COCCOCCCNOC1CCCC1. The second-order valence-corrected chi connectivity index (χ2v) is 3.88. The third kappa shape index (κ3) is 6.84. The fraction of sp³-hybridized carbons (Fsp3) is 1.00. The molecule has 1 fully saturated rings. The Hall–Kier alpha value is -0.160. The van der Waals surface area contributed by atoms with Gasteiger partial charge in [-0.1, -0.05) is 12.8 Å². The van der Waals surface area contributed by atoms with Crippen LogP contribution in [0.1, 0.15) is 32.1 Å². The van der Waals surface area contributed by atoms with E-state index >= 15 is 0 Å². The summed E-state index contributed by atoms with van der Waals surface area (Å²) in [5, 5.41) is 0. The van der Waals surface area contributed by atoms with E-state index in [2.05, 4.69) is 5.48 Å². The minimum absolute atomic E-state index is 0.444. The van der Waals surface area contributed by atoms with Crippen molar-refractivity contribution in [2.45, 2.75) is 38.2 Å². The van der Waals surface area contributed by atoms with Crippen molar-refractivity contribution in [3.05, 3.63) is 0 Å². The van der Waals surface area contributed by atoms with Gasteiger partial charge in [0.05, 0.1) is 19.3 Å². The smallest absolute Gasteiger partial charge is 0.0790 e. The van der Waals surface area contributed by atoms with E-state index in [1.165, 1.54) is 25.7 Å². The Balaban J connectivity index is 1.73. The monoisotopic (exact) mass is 217 g/mol. The molecule has 0 unspecified atom stereocenters. The lowest BCUT2D eigenvalue weighted by Gasteiger charge is -2.11. The highest BCUT2D eigenvalue weighted by molar-refractivity contribution is 4.65. The van der Waals surface area contributed by atoms with Crippen molar-refractivity contribution in [3.8, 4) is 0 Å². The van der Waals surface area contributed by atoms with Crippen LogP contribution in [-0.4, -0.2) is 39.6 Å². The summed E-state index contributed by atoms with van der Waals surface area (Å²) < 4.78 is 10.2. The van der Waals surface area contributed by atoms with Crippen LogP contribution in [0.3, 0.4) is 0 Å². The molecule has 90 valence electrons. The van der Waals surface area contributed by atoms with Gasteiger partial charge in [-0.3, -0.25) is 4.84 Å². The van der Waals surface area contributed by atoms with Gasteiger partial charge in [-0.05, 0) is 19.3 Å². The first-order valence-electron chi connectivity index (χ1n) is 5.88. The molecule has 4 nitrogen and oxygen atoms in total. The van der Waals surface area contributed by atoms with E-state index < -0.39 is 0 Å². The molecule has 15 heavy (non-hydrogen) atoms. The molecule has 0 heterocycles. The maximum absolute atomic E-state index is 5.50. The average molecular weight is 217 g/mol. The van der Waals surface area contributed by atoms with Gasteiger partial charge >= 0.3 is 0 Å². The molecule has 1 saturated carbocycles. The largest absolute Gasteiger partial charge is 0.382 e. The first-order chi connectivity index (χ1) is 7.43. The lowest BCUT2D eigenvalue weighted by molar-refractivity contribution is -0.0246. The number of nitrogens with one attached hydrogen (secondary N) is 1. The summed E-state index contributed by atoms with van der Waals surface area (Å²) in [6, 6.07) is 0. The van der Waals surface area contributed by atoms with Gasteiger partial charge in [0.2, 0.25) is 0 Å². The molecule has 1 N–H and O–H groups in total. The van der Waals surface area contributed by atoms with Crippen LogP contribution in [0.5, 0.6) is 0 Å². The molecule has 0 aliphatic heterocycles. The number of hydrogen-bond acceptors (Lipinski definition) is 4. The number of hydrogen-bond donors (Lipinski definition) is 1. The fourth-order valence-corrected chi connectivity index (χ4v) is 1.67. The van der Waals surface area contributed by atoms with Gasteiger partial charge in [0, 0.05) is 20.3 Å². The Labute approximate surface area is 92.2 Å². The molecule has 0 aromatic heterocycles. The van der Waals surface area contributed by atoms with Crippen molar-refractivity contribution < 1.29 is 14.3 Å². The Morgan fingerprint density at radius 1 is 1.13 bits per heavy atom. The summed E-state index contributed by atoms with van der Waals surface area (Å²) in [7, 11) is 1.68. The molecule has 1 aliphatic rings. The second kappa shape index (κ2) is 9.09. The third-order valence-electron chi connectivity index (χ3n) is 2.55. The zero-order valence-electron chi connectivity index (χ0n) is 9.67. The fourth-order valence-electron chi connectivity index (χ4n) is 1.67. The highest BCUT2D eigenvalue weighted by Gasteiger charge is 2.14. The van der Waals surface area contributed by atoms with Gasteiger partial charge in [0.15, 0.2) is 0 Å². The summed E-state index contributed by atoms with van der Waals surface area (Å²) in [6.07, 6.45) is 6.46. The summed E-state index contributed by atoms with van der Waals surface area (Å²) in [5.41, 5.74) is 3.01. The highest BCUT2D eigenvalue weighted by Crippen LogP contribution is 2.19. The molecule has 1 aliphatic carbocycles. The predicted octanol–water partition coefficient (Wildman–Crippen LogP) is 1.50. The van der Waals surface area contributed by atoms with E-state index in [4.69, 9.17) is 14.3 Å². The van der Waals surface area contributed by atoms with Gasteiger partial charge < -0.3 is 9.47 Å². The molecule has 1 rings (SSSR count). The minimum Gasteiger partial charge on any atom is -0.382 e. The van der Waals surface area contributed by atoms with Crippen LogP contribution in [0.2, 0.25) is 0 Å². The van der Waals surface area contributed by atoms with E-state index in [9.17, 15) is 0 Å². The molecule has 0 atom stereocenters. The van der Waals surface area contributed by atoms with Gasteiger partial charge in [-0.2, -0.15) is 0 Å². The predicted molar refractivity (Wildman–Crippen MR) is 58.7 cm³/mol. The number of hydroxylamine groups is 1. The number of ether oxygens (including phenoxy) is 2. The molecule has 0 aromatic rings.